The van der Waals surface area contributed by atoms with Gasteiger partial charge in [0.05, 0.1) is 5.56 Å². The quantitative estimate of drug-likeness (QED) is 0.711. The monoisotopic (exact) mass is 201 g/mol. The Kier molecular flexibility index (Phi) is 2.58. The number of carbonyl (C=O) groups excluding carboxylic acids is 1. The van der Waals surface area contributed by atoms with E-state index in [9.17, 15) is 4.79 Å². The van der Waals surface area contributed by atoms with Crippen molar-refractivity contribution in [3.63, 3.8) is 0 Å². The highest BCUT2D eigenvalue weighted by Gasteiger charge is 2.09. The third kappa shape index (κ3) is 1.79. The average molecular weight is 201 g/mol. The van der Waals surface area contributed by atoms with E-state index in [0.29, 0.717) is 11.3 Å². The molecule has 0 aliphatic heterocycles. The van der Waals surface area contributed by atoms with Crippen LogP contribution in [0.2, 0.25) is 0 Å². The van der Waals surface area contributed by atoms with Crippen LogP contribution < -0.4 is 0 Å². The Morgan fingerprint density at radius 1 is 1.40 bits per heavy atom. The molecular formula is C11H11N3O. The lowest BCUT2D eigenvalue weighted by Crippen LogP contribution is -1.93. The normalized spacial score (nSPS) is 10.2. The summed E-state index contributed by atoms with van der Waals surface area (Å²) in [5.74, 6) is 0. The predicted molar refractivity (Wildman–Crippen MR) is 56.5 cm³/mol. The van der Waals surface area contributed by atoms with Gasteiger partial charge in [-0.3, -0.25) is 14.5 Å². The zero-order chi connectivity index (χ0) is 10.7. The zero-order valence-electron chi connectivity index (χ0n) is 8.42. The Morgan fingerprint density at radius 3 is 2.73 bits per heavy atom. The molecule has 4 nitrogen and oxygen atoms in total. The van der Waals surface area contributed by atoms with Gasteiger partial charge in [-0.1, -0.05) is 0 Å². The van der Waals surface area contributed by atoms with Crippen LogP contribution in [-0.4, -0.2) is 21.1 Å². The minimum atomic E-state index is 0.614. The van der Waals surface area contributed by atoms with E-state index in [0.717, 1.165) is 18.4 Å². The lowest BCUT2D eigenvalue weighted by atomic mass is 10.1. The van der Waals surface area contributed by atoms with Crippen molar-refractivity contribution in [1.29, 1.82) is 0 Å². The number of aryl methyl sites for hydroxylation is 1. The Labute approximate surface area is 87.6 Å². The molecule has 2 aromatic rings. The molecule has 0 saturated heterocycles. The number of hydrogen-bond donors (Lipinski definition) is 0. The lowest BCUT2D eigenvalue weighted by Gasteiger charge is -1.96. The summed E-state index contributed by atoms with van der Waals surface area (Å²) in [6, 6.07) is 3.69. The van der Waals surface area contributed by atoms with Gasteiger partial charge in [-0.15, -0.1) is 0 Å². The van der Waals surface area contributed by atoms with E-state index >= 15 is 0 Å². The van der Waals surface area contributed by atoms with E-state index in [-0.39, 0.29) is 0 Å². The molecule has 4 heteroatoms. The minimum absolute atomic E-state index is 0.614. The van der Waals surface area contributed by atoms with Crippen molar-refractivity contribution in [2.45, 2.75) is 13.5 Å². The maximum atomic E-state index is 10.9. The lowest BCUT2D eigenvalue weighted by molar-refractivity contribution is 0.112. The molecule has 0 atom stereocenters. The summed E-state index contributed by atoms with van der Waals surface area (Å²) in [5, 5.41) is 4.33. The molecule has 15 heavy (non-hydrogen) atoms. The SMILES string of the molecule is CCn1cc(C=O)c(-c2ccncc2)n1. The number of aromatic nitrogens is 3. The molecule has 0 aliphatic rings. The zero-order valence-corrected chi connectivity index (χ0v) is 8.42. The highest BCUT2D eigenvalue weighted by Crippen LogP contribution is 2.19. The summed E-state index contributed by atoms with van der Waals surface area (Å²) in [6.07, 6.45) is 5.96. The van der Waals surface area contributed by atoms with Crippen LogP contribution in [0.5, 0.6) is 0 Å². The topological polar surface area (TPSA) is 47.8 Å². The Morgan fingerprint density at radius 2 is 2.13 bits per heavy atom. The van der Waals surface area contributed by atoms with E-state index in [4.69, 9.17) is 0 Å². The molecule has 0 fully saturated rings. The van der Waals surface area contributed by atoms with Gasteiger partial charge >= 0.3 is 0 Å². The van der Waals surface area contributed by atoms with Gasteiger partial charge in [-0.25, -0.2) is 0 Å². The van der Waals surface area contributed by atoms with Gasteiger partial charge < -0.3 is 0 Å². The van der Waals surface area contributed by atoms with Crippen molar-refractivity contribution in [3.05, 3.63) is 36.3 Å². The first-order chi connectivity index (χ1) is 7.35. The van der Waals surface area contributed by atoms with E-state index in [2.05, 4.69) is 10.1 Å². The molecule has 0 saturated carbocycles. The van der Waals surface area contributed by atoms with Gasteiger partial charge in [0.1, 0.15) is 5.69 Å². The summed E-state index contributed by atoms with van der Waals surface area (Å²) >= 11 is 0. The maximum Gasteiger partial charge on any atom is 0.153 e. The van der Waals surface area contributed by atoms with Crippen LogP contribution in [0.15, 0.2) is 30.7 Å². The third-order valence-electron chi connectivity index (χ3n) is 2.19. The summed E-state index contributed by atoms with van der Waals surface area (Å²) in [5.41, 5.74) is 2.25. The van der Waals surface area contributed by atoms with Gasteiger partial charge in [0.15, 0.2) is 6.29 Å². The molecule has 0 unspecified atom stereocenters. The first-order valence-corrected chi connectivity index (χ1v) is 4.78. The van der Waals surface area contributed by atoms with Gasteiger partial charge in [0.2, 0.25) is 0 Å². The molecule has 2 rings (SSSR count). The number of pyridine rings is 1. The van der Waals surface area contributed by atoms with E-state index < -0.39 is 0 Å². The molecule has 0 spiro atoms. The van der Waals surface area contributed by atoms with Crippen LogP contribution >= 0.6 is 0 Å². The average Bonchev–Trinajstić information content (AvgIpc) is 2.73. The van der Waals surface area contributed by atoms with Crippen LogP contribution in [0.25, 0.3) is 11.3 Å². The van der Waals surface area contributed by atoms with Crippen molar-refractivity contribution in [3.8, 4) is 11.3 Å². The second-order valence-corrected chi connectivity index (χ2v) is 3.14. The maximum absolute atomic E-state index is 10.9. The molecule has 0 aliphatic carbocycles. The Balaban J connectivity index is 2.52. The number of nitrogens with zero attached hydrogens (tertiary/aromatic N) is 3. The number of aldehydes is 1. The Hall–Kier alpha value is -1.97. The van der Waals surface area contributed by atoms with E-state index in [1.807, 2.05) is 19.1 Å². The highest BCUT2D eigenvalue weighted by molar-refractivity contribution is 5.85. The van der Waals surface area contributed by atoms with Gasteiger partial charge in [0.25, 0.3) is 0 Å². The fourth-order valence-electron chi connectivity index (χ4n) is 1.42. The second kappa shape index (κ2) is 4.04. The van der Waals surface area contributed by atoms with Crippen molar-refractivity contribution < 1.29 is 4.79 Å². The molecule has 0 bridgehead atoms. The Bertz CT molecular complexity index is 462. The predicted octanol–water partition coefficient (Wildman–Crippen LogP) is 1.78. The number of carbonyl (C=O) groups is 1. The van der Waals surface area contributed by atoms with Crippen LogP contribution in [-0.2, 0) is 6.54 Å². The molecule has 2 heterocycles. The summed E-state index contributed by atoms with van der Waals surface area (Å²) in [6.45, 7) is 2.74. The molecule has 2 aromatic heterocycles. The van der Waals surface area contributed by atoms with Crippen molar-refractivity contribution >= 4 is 6.29 Å². The highest BCUT2D eigenvalue weighted by atomic mass is 16.1. The van der Waals surface area contributed by atoms with Crippen LogP contribution in [0.3, 0.4) is 0 Å². The van der Waals surface area contributed by atoms with E-state index in [1.165, 1.54) is 0 Å². The largest absolute Gasteiger partial charge is 0.298 e. The summed E-state index contributed by atoms with van der Waals surface area (Å²) < 4.78 is 1.75. The van der Waals surface area contributed by atoms with E-state index in [1.54, 1.807) is 23.3 Å². The standard InChI is InChI=1S/C11H11N3O/c1-2-14-7-10(8-15)11(13-14)9-3-5-12-6-4-9/h3-8H,2H2,1H3. The van der Waals surface area contributed by atoms with Gasteiger partial charge in [0, 0.05) is 30.7 Å². The number of rotatable bonds is 3. The van der Waals surface area contributed by atoms with Crippen LogP contribution in [0.4, 0.5) is 0 Å². The fourth-order valence-corrected chi connectivity index (χ4v) is 1.42. The molecule has 0 radical (unpaired) electrons. The molecule has 76 valence electrons. The van der Waals surface area contributed by atoms with Crippen molar-refractivity contribution in [2.24, 2.45) is 0 Å². The molecule has 0 N–H and O–H groups in total. The molecular weight excluding hydrogens is 190 g/mol. The summed E-state index contributed by atoms with van der Waals surface area (Å²) in [7, 11) is 0. The van der Waals surface area contributed by atoms with Crippen LogP contribution in [0, 0.1) is 0 Å². The molecule has 0 amide bonds. The fraction of sp³-hybridized carbons (Fsp3) is 0.182. The summed E-state index contributed by atoms with van der Waals surface area (Å²) in [4.78, 5) is 14.8. The minimum Gasteiger partial charge on any atom is -0.298 e. The van der Waals surface area contributed by atoms with Crippen molar-refractivity contribution in [1.82, 2.24) is 14.8 Å². The van der Waals surface area contributed by atoms with Gasteiger partial charge in [-0.05, 0) is 19.1 Å². The van der Waals surface area contributed by atoms with Crippen LogP contribution in [0.1, 0.15) is 17.3 Å². The first kappa shape index (κ1) is 9.58. The second-order valence-electron chi connectivity index (χ2n) is 3.14. The molecule has 0 aromatic carbocycles. The third-order valence-corrected chi connectivity index (χ3v) is 2.19. The smallest absolute Gasteiger partial charge is 0.153 e. The van der Waals surface area contributed by atoms with Crippen molar-refractivity contribution in [2.75, 3.05) is 0 Å². The first-order valence-electron chi connectivity index (χ1n) is 4.78. The van der Waals surface area contributed by atoms with Gasteiger partial charge in [-0.2, -0.15) is 5.10 Å². The number of hydrogen-bond acceptors (Lipinski definition) is 3.